The Labute approximate surface area is 84.4 Å². The van der Waals surface area contributed by atoms with E-state index in [-0.39, 0.29) is 0 Å². The van der Waals surface area contributed by atoms with E-state index in [1.807, 2.05) is 0 Å². The third-order valence-electron chi connectivity index (χ3n) is 1.29. The van der Waals surface area contributed by atoms with Crippen LogP contribution in [0.3, 0.4) is 0 Å². The maximum atomic E-state index is 12.0. The summed E-state index contributed by atoms with van der Waals surface area (Å²) >= 11 is 3.22. The van der Waals surface area contributed by atoms with Crippen molar-refractivity contribution < 1.29 is 12.3 Å². The fraction of sp³-hybridized carbons (Fsp3) is 0. The Bertz CT molecular complexity index is 408. The molecule has 13 heavy (non-hydrogen) atoms. The lowest BCUT2D eigenvalue weighted by atomic mass is 10.2. The normalized spacial score (nSPS) is 12.2. The lowest BCUT2D eigenvalue weighted by Gasteiger charge is -1.91. The molecule has 1 aromatic carbocycles. The molecule has 0 unspecified atom stereocenters. The quantitative estimate of drug-likeness (QED) is 0.770. The molecule has 0 saturated carbocycles. The van der Waals surface area contributed by atoms with Crippen LogP contribution in [0, 0.1) is 0 Å². The molecule has 2 nitrogen and oxygen atoms in total. The second-order valence-electron chi connectivity index (χ2n) is 2.33. The molecule has 0 saturated heterocycles. The van der Waals surface area contributed by atoms with Crippen molar-refractivity contribution in [2.45, 2.75) is 0 Å². The molecule has 0 atom stereocenters. The first kappa shape index (κ1) is 10.4. The first-order valence-corrected chi connectivity index (χ1v) is 5.60. The van der Waals surface area contributed by atoms with Gasteiger partial charge in [0.05, 0.1) is 5.41 Å². The molecule has 0 spiro atoms. The monoisotopic (exact) mass is 264 g/mol. The van der Waals surface area contributed by atoms with Crippen LogP contribution in [-0.4, -0.2) is 8.42 Å². The minimum atomic E-state index is -4.52. The minimum absolute atomic E-state index is 0.524. The zero-order valence-corrected chi connectivity index (χ0v) is 8.85. The standard InChI is InChI=1S/C8H6BrFO2S/c9-8-3-1-7(2-4-8)5-6-13(10,11)12/h1-6H/b6-5+. The summed E-state index contributed by atoms with van der Waals surface area (Å²) in [7, 11) is -4.52. The van der Waals surface area contributed by atoms with Crippen LogP contribution >= 0.6 is 15.9 Å². The van der Waals surface area contributed by atoms with Gasteiger partial charge < -0.3 is 0 Å². The number of hydrogen-bond acceptors (Lipinski definition) is 2. The fourth-order valence-corrected chi connectivity index (χ4v) is 1.32. The average molecular weight is 265 g/mol. The highest BCUT2D eigenvalue weighted by atomic mass is 79.9. The van der Waals surface area contributed by atoms with Gasteiger partial charge >= 0.3 is 10.2 Å². The summed E-state index contributed by atoms with van der Waals surface area (Å²) in [4.78, 5) is 0. The highest BCUT2D eigenvalue weighted by molar-refractivity contribution is 9.10. The molecule has 0 amide bonds. The molecule has 1 aromatic rings. The van der Waals surface area contributed by atoms with Crippen LogP contribution in [0.4, 0.5) is 3.89 Å². The summed E-state index contributed by atoms with van der Waals surface area (Å²) in [6.45, 7) is 0. The maximum absolute atomic E-state index is 12.0. The van der Waals surface area contributed by atoms with Crippen molar-refractivity contribution in [3.8, 4) is 0 Å². The molecule has 0 aliphatic heterocycles. The van der Waals surface area contributed by atoms with E-state index in [1.54, 1.807) is 24.3 Å². The summed E-state index contributed by atoms with van der Waals surface area (Å²) in [5.41, 5.74) is 0.629. The lowest BCUT2D eigenvalue weighted by Crippen LogP contribution is -1.80. The summed E-state index contributed by atoms with van der Waals surface area (Å²) in [6, 6.07) is 6.83. The Morgan fingerprint density at radius 1 is 1.23 bits per heavy atom. The Balaban J connectivity index is 2.88. The van der Waals surface area contributed by atoms with E-state index in [2.05, 4.69) is 15.9 Å². The van der Waals surface area contributed by atoms with Crippen molar-refractivity contribution in [2.24, 2.45) is 0 Å². The van der Waals surface area contributed by atoms with Crippen LogP contribution in [-0.2, 0) is 10.2 Å². The van der Waals surface area contributed by atoms with E-state index in [0.717, 1.165) is 4.47 Å². The summed E-state index contributed by atoms with van der Waals surface area (Å²) < 4.78 is 33.1. The zero-order valence-electron chi connectivity index (χ0n) is 6.44. The molecule has 5 heteroatoms. The third kappa shape index (κ3) is 4.19. The van der Waals surface area contributed by atoms with Crippen LogP contribution in [0.15, 0.2) is 34.1 Å². The maximum Gasteiger partial charge on any atom is 0.325 e. The average Bonchev–Trinajstić information content (AvgIpc) is 2.02. The topological polar surface area (TPSA) is 34.1 Å². The smallest absolute Gasteiger partial charge is 0.190 e. The van der Waals surface area contributed by atoms with Crippen molar-refractivity contribution in [3.63, 3.8) is 0 Å². The Morgan fingerprint density at radius 2 is 1.77 bits per heavy atom. The lowest BCUT2D eigenvalue weighted by molar-refractivity contribution is 0.563. The van der Waals surface area contributed by atoms with Crippen molar-refractivity contribution in [2.75, 3.05) is 0 Å². The predicted octanol–water partition coefficient (Wildman–Crippen LogP) is 2.72. The van der Waals surface area contributed by atoms with Gasteiger partial charge in [-0.25, -0.2) is 0 Å². The molecule has 0 aromatic heterocycles. The molecule has 0 N–H and O–H groups in total. The van der Waals surface area contributed by atoms with Crippen LogP contribution in [0.25, 0.3) is 6.08 Å². The van der Waals surface area contributed by atoms with Gasteiger partial charge in [0.1, 0.15) is 0 Å². The van der Waals surface area contributed by atoms with E-state index in [0.29, 0.717) is 11.0 Å². The summed E-state index contributed by atoms with van der Waals surface area (Å²) in [5, 5.41) is 0.524. The van der Waals surface area contributed by atoms with E-state index < -0.39 is 10.2 Å². The molecular weight excluding hydrogens is 259 g/mol. The van der Waals surface area contributed by atoms with Crippen LogP contribution in [0.1, 0.15) is 5.56 Å². The molecule has 0 fully saturated rings. The van der Waals surface area contributed by atoms with Crippen LogP contribution in [0.2, 0.25) is 0 Å². The van der Waals surface area contributed by atoms with Gasteiger partial charge in [-0.05, 0) is 23.8 Å². The highest BCUT2D eigenvalue weighted by Crippen LogP contribution is 2.12. The van der Waals surface area contributed by atoms with Gasteiger partial charge in [-0.15, -0.1) is 3.89 Å². The Morgan fingerprint density at radius 3 is 2.23 bits per heavy atom. The van der Waals surface area contributed by atoms with E-state index in [1.165, 1.54) is 6.08 Å². The molecule has 0 heterocycles. The van der Waals surface area contributed by atoms with Gasteiger partial charge in [0.2, 0.25) is 0 Å². The molecular formula is C8H6BrFO2S. The largest absolute Gasteiger partial charge is 0.325 e. The van der Waals surface area contributed by atoms with Gasteiger partial charge in [-0.3, -0.25) is 0 Å². The van der Waals surface area contributed by atoms with Crippen LogP contribution < -0.4 is 0 Å². The van der Waals surface area contributed by atoms with Crippen LogP contribution in [0.5, 0.6) is 0 Å². The fourth-order valence-electron chi connectivity index (χ4n) is 0.734. The van der Waals surface area contributed by atoms with E-state index in [9.17, 15) is 12.3 Å². The first-order chi connectivity index (χ1) is 5.97. The van der Waals surface area contributed by atoms with E-state index in [4.69, 9.17) is 0 Å². The Hall–Kier alpha value is -0.680. The van der Waals surface area contributed by atoms with Crippen molar-refractivity contribution in [1.29, 1.82) is 0 Å². The first-order valence-electron chi connectivity index (χ1n) is 3.36. The summed E-state index contributed by atoms with van der Waals surface area (Å²) in [5.74, 6) is 0. The third-order valence-corrected chi connectivity index (χ3v) is 2.28. The van der Waals surface area contributed by atoms with E-state index >= 15 is 0 Å². The SMILES string of the molecule is O=S(=O)(F)/C=C/c1ccc(Br)cc1. The van der Waals surface area contributed by atoms with Gasteiger partial charge in [0.15, 0.2) is 0 Å². The summed E-state index contributed by atoms with van der Waals surface area (Å²) in [6.07, 6.45) is 1.20. The van der Waals surface area contributed by atoms with Gasteiger partial charge in [-0.1, -0.05) is 28.1 Å². The highest BCUT2D eigenvalue weighted by Gasteiger charge is 1.98. The predicted molar refractivity (Wildman–Crippen MR) is 53.2 cm³/mol. The molecule has 0 bridgehead atoms. The molecule has 0 radical (unpaired) electrons. The molecule has 0 aliphatic rings. The number of rotatable bonds is 2. The van der Waals surface area contributed by atoms with Crippen molar-refractivity contribution in [3.05, 3.63) is 39.7 Å². The number of benzene rings is 1. The molecule has 0 aliphatic carbocycles. The minimum Gasteiger partial charge on any atom is -0.190 e. The Kier molecular flexibility index (Phi) is 3.22. The molecule has 70 valence electrons. The second kappa shape index (κ2) is 4.02. The second-order valence-corrected chi connectivity index (χ2v) is 4.47. The van der Waals surface area contributed by atoms with Gasteiger partial charge in [-0.2, -0.15) is 8.42 Å². The zero-order chi connectivity index (χ0) is 9.90. The number of hydrogen-bond donors (Lipinski definition) is 0. The van der Waals surface area contributed by atoms with Gasteiger partial charge in [0, 0.05) is 4.47 Å². The number of halogens is 2. The van der Waals surface area contributed by atoms with Crippen molar-refractivity contribution >= 4 is 32.2 Å². The van der Waals surface area contributed by atoms with Crippen molar-refractivity contribution in [1.82, 2.24) is 0 Å². The molecule has 1 rings (SSSR count). The van der Waals surface area contributed by atoms with Gasteiger partial charge in [0.25, 0.3) is 0 Å².